The molecule has 3 rings (SSSR count). The quantitative estimate of drug-likeness (QED) is 0.743. The second-order valence-corrected chi connectivity index (χ2v) is 5.79. The molecule has 0 aliphatic heterocycles. The molecule has 0 saturated carbocycles. The minimum absolute atomic E-state index is 0.159. The maximum absolute atomic E-state index is 12.5. The summed E-state index contributed by atoms with van der Waals surface area (Å²) in [7, 11) is 1.31. The summed E-state index contributed by atoms with van der Waals surface area (Å²) in [5.74, 6) is -0.708. The lowest BCUT2D eigenvalue weighted by Crippen LogP contribution is -2.18. The summed E-state index contributed by atoms with van der Waals surface area (Å²) in [6.07, 6.45) is 2.05. The summed E-state index contributed by atoms with van der Waals surface area (Å²) < 4.78 is 6.68. The number of rotatable bonds is 4. The first kappa shape index (κ1) is 16.7. The van der Waals surface area contributed by atoms with Gasteiger partial charge in [-0.2, -0.15) is 0 Å². The molecule has 0 spiro atoms. The van der Waals surface area contributed by atoms with Crippen LogP contribution in [0.4, 0.5) is 5.69 Å². The number of hydrogen-bond donors (Lipinski definition) is 1. The number of amides is 1. The average Bonchev–Trinajstić information content (AvgIpc) is 2.92. The van der Waals surface area contributed by atoms with Crippen LogP contribution in [-0.2, 0) is 16.0 Å². The summed E-state index contributed by atoms with van der Waals surface area (Å²) in [5.41, 5.74) is 4.29. The lowest BCUT2D eigenvalue weighted by molar-refractivity contribution is -0.115. The Balaban J connectivity index is 1.86. The number of nitrogens with one attached hydrogen (secondary N) is 1. The van der Waals surface area contributed by atoms with E-state index in [1.54, 1.807) is 24.3 Å². The third kappa shape index (κ3) is 3.24. The number of carbonyl (C=O) groups is 2. The van der Waals surface area contributed by atoms with Crippen molar-refractivity contribution in [2.24, 2.45) is 0 Å². The number of aromatic nitrogens is 2. The maximum Gasteiger partial charge on any atom is 0.339 e. The van der Waals surface area contributed by atoms with E-state index in [9.17, 15) is 9.59 Å². The smallest absolute Gasteiger partial charge is 0.339 e. The Morgan fingerprint density at radius 1 is 1.16 bits per heavy atom. The van der Waals surface area contributed by atoms with E-state index in [2.05, 4.69) is 10.3 Å². The minimum atomic E-state index is -0.488. The lowest BCUT2D eigenvalue weighted by atomic mass is 10.1. The van der Waals surface area contributed by atoms with Crippen LogP contribution in [-0.4, -0.2) is 28.4 Å². The monoisotopic (exact) mass is 337 g/mol. The number of anilines is 1. The van der Waals surface area contributed by atoms with Gasteiger partial charge in [-0.25, -0.2) is 9.78 Å². The molecule has 0 saturated heterocycles. The molecule has 25 heavy (non-hydrogen) atoms. The molecule has 2 heterocycles. The van der Waals surface area contributed by atoms with Gasteiger partial charge in [0.05, 0.1) is 36.2 Å². The van der Waals surface area contributed by atoms with Gasteiger partial charge in [-0.1, -0.05) is 18.2 Å². The second kappa shape index (κ2) is 6.76. The number of para-hydroxylation sites is 1. The summed E-state index contributed by atoms with van der Waals surface area (Å²) >= 11 is 0. The highest BCUT2D eigenvalue weighted by Crippen LogP contribution is 2.19. The van der Waals surface area contributed by atoms with E-state index < -0.39 is 5.97 Å². The SMILES string of the molecule is COC(=O)c1ccccc1NC(=O)Cc1c(C)nc2c(C)cccn12. The van der Waals surface area contributed by atoms with Crippen LogP contribution in [0.15, 0.2) is 42.6 Å². The van der Waals surface area contributed by atoms with Gasteiger partial charge in [-0.15, -0.1) is 0 Å². The number of fused-ring (bicyclic) bond motifs is 1. The van der Waals surface area contributed by atoms with Crippen molar-refractivity contribution in [3.63, 3.8) is 0 Å². The highest BCUT2D eigenvalue weighted by Gasteiger charge is 2.17. The summed E-state index contributed by atoms with van der Waals surface area (Å²) in [5, 5.41) is 2.79. The number of pyridine rings is 1. The van der Waals surface area contributed by atoms with Crippen molar-refractivity contribution < 1.29 is 14.3 Å². The van der Waals surface area contributed by atoms with Crippen molar-refractivity contribution >= 4 is 23.2 Å². The molecule has 0 aliphatic carbocycles. The lowest BCUT2D eigenvalue weighted by Gasteiger charge is -2.10. The molecular weight excluding hydrogens is 318 g/mol. The zero-order valence-electron chi connectivity index (χ0n) is 14.4. The fourth-order valence-corrected chi connectivity index (χ4v) is 2.81. The van der Waals surface area contributed by atoms with Crippen molar-refractivity contribution in [1.82, 2.24) is 9.38 Å². The molecule has 2 aromatic heterocycles. The van der Waals surface area contributed by atoms with Gasteiger partial charge < -0.3 is 14.5 Å². The second-order valence-electron chi connectivity index (χ2n) is 5.79. The van der Waals surface area contributed by atoms with E-state index in [0.717, 1.165) is 22.6 Å². The number of ether oxygens (including phenoxy) is 1. The highest BCUT2D eigenvalue weighted by molar-refractivity contribution is 6.01. The normalized spacial score (nSPS) is 10.7. The third-order valence-electron chi connectivity index (χ3n) is 4.08. The van der Waals surface area contributed by atoms with E-state index in [-0.39, 0.29) is 12.3 Å². The number of nitrogens with zero attached hydrogens (tertiary/aromatic N) is 2. The zero-order chi connectivity index (χ0) is 18.0. The number of imidazole rings is 1. The van der Waals surface area contributed by atoms with Gasteiger partial charge in [0.2, 0.25) is 5.91 Å². The predicted octanol–water partition coefficient (Wildman–Crippen LogP) is 2.92. The van der Waals surface area contributed by atoms with E-state index in [1.165, 1.54) is 7.11 Å². The van der Waals surface area contributed by atoms with E-state index >= 15 is 0 Å². The van der Waals surface area contributed by atoms with Gasteiger partial charge in [0.1, 0.15) is 5.65 Å². The first-order valence-electron chi connectivity index (χ1n) is 7.91. The van der Waals surface area contributed by atoms with Crippen molar-refractivity contribution in [2.45, 2.75) is 20.3 Å². The fraction of sp³-hybridized carbons (Fsp3) is 0.211. The van der Waals surface area contributed by atoms with Crippen LogP contribution in [0.25, 0.3) is 5.65 Å². The number of carbonyl (C=O) groups excluding carboxylic acids is 2. The van der Waals surface area contributed by atoms with Gasteiger partial charge in [-0.05, 0) is 37.6 Å². The fourth-order valence-electron chi connectivity index (χ4n) is 2.81. The molecule has 1 N–H and O–H groups in total. The molecule has 128 valence electrons. The highest BCUT2D eigenvalue weighted by atomic mass is 16.5. The van der Waals surface area contributed by atoms with Crippen LogP contribution >= 0.6 is 0 Å². The molecular formula is C19H19N3O3. The van der Waals surface area contributed by atoms with Crippen LogP contribution in [0.1, 0.15) is 27.3 Å². The van der Waals surface area contributed by atoms with Crippen LogP contribution in [0, 0.1) is 13.8 Å². The standard InChI is InChI=1S/C19H19N3O3/c1-12-7-6-10-22-16(13(2)20-18(12)22)11-17(23)21-15-9-5-4-8-14(15)19(24)25-3/h4-10H,11H2,1-3H3,(H,21,23). The Morgan fingerprint density at radius 3 is 2.68 bits per heavy atom. The van der Waals surface area contributed by atoms with E-state index in [1.807, 2.05) is 36.6 Å². The summed E-state index contributed by atoms with van der Waals surface area (Å²) in [4.78, 5) is 28.9. The molecule has 0 fully saturated rings. The van der Waals surface area contributed by atoms with Crippen molar-refractivity contribution in [3.05, 3.63) is 65.1 Å². The van der Waals surface area contributed by atoms with Gasteiger partial charge in [0, 0.05) is 6.20 Å². The Kier molecular flexibility index (Phi) is 4.52. The van der Waals surface area contributed by atoms with Crippen molar-refractivity contribution in [1.29, 1.82) is 0 Å². The molecule has 0 unspecified atom stereocenters. The largest absolute Gasteiger partial charge is 0.465 e. The third-order valence-corrected chi connectivity index (χ3v) is 4.08. The molecule has 3 aromatic rings. The minimum Gasteiger partial charge on any atom is -0.465 e. The van der Waals surface area contributed by atoms with E-state index in [0.29, 0.717) is 11.3 Å². The molecule has 0 bridgehead atoms. The van der Waals surface area contributed by atoms with Crippen molar-refractivity contribution in [3.8, 4) is 0 Å². The number of benzene rings is 1. The number of aryl methyl sites for hydroxylation is 2. The van der Waals surface area contributed by atoms with Crippen molar-refractivity contribution in [2.75, 3.05) is 12.4 Å². The summed E-state index contributed by atoms with van der Waals surface area (Å²) in [6.45, 7) is 3.87. The number of hydrogen-bond acceptors (Lipinski definition) is 4. The summed E-state index contributed by atoms with van der Waals surface area (Å²) in [6, 6.07) is 10.7. The molecule has 6 nitrogen and oxygen atoms in total. The zero-order valence-corrected chi connectivity index (χ0v) is 14.4. The molecule has 0 atom stereocenters. The van der Waals surface area contributed by atoms with Gasteiger partial charge in [-0.3, -0.25) is 4.79 Å². The number of esters is 1. The van der Waals surface area contributed by atoms with E-state index in [4.69, 9.17) is 4.74 Å². The Labute approximate surface area is 145 Å². The van der Waals surface area contributed by atoms with Crippen LogP contribution in [0.3, 0.4) is 0 Å². The Bertz CT molecular complexity index is 960. The van der Waals surface area contributed by atoms with Crippen LogP contribution < -0.4 is 5.32 Å². The van der Waals surface area contributed by atoms with Gasteiger partial charge in [0.25, 0.3) is 0 Å². The molecule has 1 aromatic carbocycles. The average molecular weight is 337 g/mol. The van der Waals surface area contributed by atoms with Crippen LogP contribution in [0.5, 0.6) is 0 Å². The molecule has 6 heteroatoms. The Morgan fingerprint density at radius 2 is 1.92 bits per heavy atom. The predicted molar refractivity (Wildman–Crippen MR) is 94.8 cm³/mol. The van der Waals surface area contributed by atoms with Crippen LogP contribution in [0.2, 0.25) is 0 Å². The number of methoxy groups -OCH3 is 1. The van der Waals surface area contributed by atoms with Gasteiger partial charge in [0.15, 0.2) is 0 Å². The molecule has 0 aliphatic rings. The first-order chi connectivity index (χ1) is 12.0. The Hall–Kier alpha value is -3.15. The van der Waals surface area contributed by atoms with Gasteiger partial charge >= 0.3 is 5.97 Å². The first-order valence-corrected chi connectivity index (χ1v) is 7.91. The molecule has 1 amide bonds. The topological polar surface area (TPSA) is 72.7 Å². The maximum atomic E-state index is 12.5. The molecule has 0 radical (unpaired) electrons.